The quantitative estimate of drug-likeness (QED) is 0.529. The van der Waals surface area contributed by atoms with E-state index in [2.05, 4.69) is 70.6 Å². The summed E-state index contributed by atoms with van der Waals surface area (Å²) in [6, 6.07) is 21.2. The van der Waals surface area contributed by atoms with Gasteiger partial charge in [-0.05, 0) is 41.9 Å². The Kier molecular flexibility index (Phi) is 4.75. The van der Waals surface area contributed by atoms with Gasteiger partial charge in [-0.1, -0.05) is 42.5 Å². The average molecular weight is 342 g/mol. The molecule has 4 aromatic rings. The molecule has 0 bridgehead atoms. The highest BCUT2D eigenvalue weighted by Crippen LogP contribution is 2.18. The smallest absolute Gasteiger partial charge is 0.0705 e. The molecular formula is C22H22N4. The van der Waals surface area contributed by atoms with Crippen molar-refractivity contribution < 1.29 is 0 Å². The number of hydrogen-bond acceptors (Lipinski definition) is 3. The van der Waals surface area contributed by atoms with E-state index in [-0.39, 0.29) is 0 Å². The van der Waals surface area contributed by atoms with E-state index >= 15 is 0 Å². The minimum atomic E-state index is 0.812. The molecule has 130 valence electrons. The highest BCUT2D eigenvalue weighted by atomic mass is 15.3. The minimum Gasteiger partial charge on any atom is -0.298 e. The zero-order chi connectivity index (χ0) is 17.8. The zero-order valence-electron chi connectivity index (χ0n) is 14.9. The fourth-order valence-corrected chi connectivity index (χ4v) is 3.29. The standard InChI is InChI=1S/C22H22N4/c1-25(17-20-5-2-7-22-21(20)6-3-12-23-22)15-18-8-10-19(11-9-18)16-26-14-4-13-24-26/h2-14H,15-17H2,1H3. The largest absolute Gasteiger partial charge is 0.298 e. The second kappa shape index (κ2) is 7.50. The number of nitrogens with zero attached hydrogens (tertiary/aromatic N) is 4. The summed E-state index contributed by atoms with van der Waals surface area (Å²) in [6.45, 7) is 2.63. The van der Waals surface area contributed by atoms with E-state index < -0.39 is 0 Å². The van der Waals surface area contributed by atoms with Crippen molar-refractivity contribution in [2.24, 2.45) is 0 Å². The van der Waals surface area contributed by atoms with Gasteiger partial charge in [-0.3, -0.25) is 14.6 Å². The van der Waals surface area contributed by atoms with E-state index in [0.717, 1.165) is 25.2 Å². The molecule has 2 aromatic heterocycles. The number of rotatable bonds is 6. The summed E-state index contributed by atoms with van der Waals surface area (Å²) in [5.74, 6) is 0. The topological polar surface area (TPSA) is 34.0 Å². The number of hydrogen-bond donors (Lipinski definition) is 0. The highest BCUT2D eigenvalue weighted by Gasteiger charge is 2.06. The van der Waals surface area contributed by atoms with Crippen molar-refractivity contribution in [2.45, 2.75) is 19.6 Å². The van der Waals surface area contributed by atoms with Crippen LogP contribution in [0.4, 0.5) is 0 Å². The second-order valence-electron chi connectivity index (χ2n) is 6.68. The Hall–Kier alpha value is -2.98. The molecular weight excluding hydrogens is 320 g/mol. The fourth-order valence-electron chi connectivity index (χ4n) is 3.29. The molecule has 0 N–H and O–H groups in total. The van der Waals surface area contributed by atoms with Crippen molar-refractivity contribution in [3.05, 3.63) is 95.9 Å². The summed E-state index contributed by atoms with van der Waals surface area (Å²) in [4.78, 5) is 6.79. The van der Waals surface area contributed by atoms with Crippen LogP contribution in [-0.2, 0) is 19.6 Å². The number of aromatic nitrogens is 3. The molecule has 0 atom stereocenters. The molecule has 0 spiro atoms. The molecule has 0 radical (unpaired) electrons. The first-order valence-electron chi connectivity index (χ1n) is 8.84. The van der Waals surface area contributed by atoms with Crippen LogP contribution in [0.1, 0.15) is 16.7 Å². The van der Waals surface area contributed by atoms with Gasteiger partial charge in [0.2, 0.25) is 0 Å². The van der Waals surface area contributed by atoms with Crippen LogP contribution < -0.4 is 0 Å². The van der Waals surface area contributed by atoms with Crippen molar-refractivity contribution in [2.75, 3.05) is 7.05 Å². The van der Waals surface area contributed by atoms with Gasteiger partial charge in [-0.25, -0.2) is 0 Å². The average Bonchev–Trinajstić information content (AvgIpc) is 3.17. The SMILES string of the molecule is CN(Cc1ccc(Cn2cccn2)cc1)Cc1cccc2ncccc12. The first-order chi connectivity index (χ1) is 12.8. The molecule has 0 aliphatic heterocycles. The maximum Gasteiger partial charge on any atom is 0.0705 e. The molecule has 0 aliphatic rings. The van der Waals surface area contributed by atoms with E-state index in [1.54, 1.807) is 0 Å². The Bertz CT molecular complexity index is 969. The van der Waals surface area contributed by atoms with E-state index in [0.29, 0.717) is 0 Å². The van der Waals surface area contributed by atoms with Crippen molar-refractivity contribution in [3.63, 3.8) is 0 Å². The van der Waals surface area contributed by atoms with Gasteiger partial charge in [0.1, 0.15) is 0 Å². The lowest BCUT2D eigenvalue weighted by molar-refractivity contribution is 0.320. The van der Waals surface area contributed by atoms with Gasteiger partial charge in [-0.2, -0.15) is 5.10 Å². The minimum absolute atomic E-state index is 0.812. The van der Waals surface area contributed by atoms with E-state index in [1.165, 1.54) is 22.1 Å². The van der Waals surface area contributed by atoms with Gasteiger partial charge in [0.25, 0.3) is 0 Å². The lowest BCUT2D eigenvalue weighted by atomic mass is 10.1. The molecule has 0 saturated carbocycles. The predicted octanol–water partition coefficient (Wildman–Crippen LogP) is 4.11. The maximum atomic E-state index is 4.45. The monoisotopic (exact) mass is 342 g/mol. The van der Waals surface area contributed by atoms with Crippen molar-refractivity contribution in [1.82, 2.24) is 19.7 Å². The molecule has 0 unspecified atom stereocenters. The number of fused-ring (bicyclic) bond motifs is 1. The zero-order valence-corrected chi connectivity index (χ0v) is 14.9. The second-order valence-corrected chi connectivity index (χ2v) is 6.68. The van der Waals surface area contributed by atoms with Crippen LogP contribution in [0.2, 0.25) is 0 Å². The third-order valence-electron chi connectivity index (χ3n) is 4.56. The lowest BCUT2D eigenvalue weighted by Gasteiger charge is -2.18. The predicted molar refractivity (Wildman–Crippen MR) is 105 cm³/mol. The third kappa shape index (κ3) is 3.81. The number of benzene rings is 2. The van der Waals surface area contributed by atoms with Crippen molar-refractivity contribution in [1.29, 1.82) is 0 Å². The molecule has 26 heavy (non-hydrogen) atoms. The summed E-state index contributed by atoms with van der Waals surface area (Å²) in [6.07, 6.45) is 5.65. The van der Waals surface area contributed by atoms with Gasteiger partial charge in [0.15, 0.2) is 0 Å². The molecule has 4 heteroatoms. The van der Waals surface area contributed by atoms with Crippen LogP contribution in [0, 0.1) is 0 Å². The van der Waals surface area contributed by atoms with Crippen molar-refractivity contribution in [3.8, 4) is 0 Å². The molecule has 0 amide bonds. The van der Waals surface area contributed by atoms with Gasteiger partial charge in [0.05, 0.1) is 12.1 Å². The third-order valence-corrected chi connectivity index (χ3v) is 4.56. The Labute approximate surface area is 153 Å². The maximum absolute atomic E-state index is 4.45. The Morgan fingerprint density at radius 1 is 0.846 bits per heavy atom. The Balaban J connectivity index is 1.42. The molecule has 4 rings (SSSR count). The lowest BCUT2D eigenvalue weighted by Crippen LogP contribution is -2.17. The summed E-state index contributed by atoms with van der Waals surface area (Å²) in [7, 11) is 2.16. The van der Waals surface area contributed by atoms with Crippen LogP contribution in [0.15, 0.2) is 79.3 Å². The van der Waals surface area contributed by atoms with Gasteiger partial charge < -0.3 is 0 Å². The van der Waals surface area contributed by atoms with Gasteiger partial charge in [0, 0.05) is 37.1 Å². The summed E-state index contributed by atoms with van der Waals surface area (Å²) >= 11 is 0. The van der Waals surface area contributed by atoms with E-state index in [1.807, 2.05) is 35.4 Å². The van der Waals surface area contributed by atoms with Crippen LogP contribution in [0.5, 0.6) is 0 Å². The Morgan fingerprint density at radius 3 is 2.50 bits per heavy atom. The molecule has 0 aliphatic carbocycles. The van der Waals surface area contributed by atoms with E-state index in [4.69, 9.17) is 0 Å². The van der Waals surface area contributed by atoms with Crippen molar-refractivity contribution >= 4 is 10.9 Å². The molecule has 0 fully saturated rings. The first kappa shape index (κ1) is 16.5. The summed E-state index contributed by atoms with van der Waals surface area (Å²) in [5.41, 5.74) is 4.95. The fraction of sp³-hybridized carbons (Fsp3) is 0.182. The van der Waals surface area contributed by atoms with Crippen LogP contribution in [0.3, 0.4) is 0 Å². The van der Waals surface area contributed by atoms with Crippen LogP contribution in [-0.4, -0.2) is 26.7 Å². The highest BCUT2D eigenvalue weighted by molar-refractivity contribution is 5.81. The molecule has 4 nitrogen and oxygen atoms in total. The summed E-state index contributed by atoms with van der Waals surface area (Å²) < 4.78 is 1.94. The first-order valence-corrected chi connectivity index (χ1v) is 8.84. The summed E-state index contributed by atoms with van der Waals surface area (Å²) in [5, 5.41) is 5.49. The van der Waals surface area contributed by atoms with E-state index in [9.17, 15) is 0 Å². The van der Waals surface area contributed by atoms with Crippen LogP contribution in [0.25, 0.3) is 10.9 Å². The molecule has 2 heterocycles. The van der Waals surface area contributed by atoms with Gasteiger partial charge in [-0.15, -0.1) is 0 Å². The number of pyridine rings is 1. The normalized spacial score (nSPS) is 11.3. The van der Waals surface area contributed by atoms with Crippen LogP contribution >= 0.6 is 0 Å². The molecule has 2 aromatic carbocycles. The molecule has 0 saturated heterocycles. The Morgan fingerprint density at radius 2 is 1.69 bits per heavy atom. The van der Waals surface area contributed by atoms with Gasteiger partial charge >= 0.3 is 0 Å².